The first kappa shape index (κ1) is 30.1. The van der Waals surface area contributed by atoms with Gasteiger partial charge in [-0.05, 0) is 81.4 Å². The third-order valence-corrected chi connectivity index (χ3v) is 7.81. The molecule has 4 rings (SSSR count). The van der Waals surface area contributed by atoms with Gasteiger partial charge in [-0.1, -0.05) is 29.8 Å². The van der Waals surface area contributed by atoms with Gasteiger partial charge in [0.05, 0.1) is 35.6 Å². The van der Waals surface area contributed by atoms with Crippen LogP contribution in [0.3, 0.4) is 0 Å². The standard InChI is InChI=1S/C31H31N3O7S/c1-4-39-26-14-12-25(13-15-26)34(42(37,38)28-17-6-22(3)7-18-28)21-30(35)33-32-20-27-16-19-29(41-27)23-8-10-24(11-9-23)31(36)40-5-2/h6-20H,4-5,21H2,1-3H3,(H,33,35)/b32-20+. The fourth-order valence-electron chi connectivity index (χ4n) is 3.92. The van der Waals surface area contributed by atoms with Crippen molar-refractivity contribution >= 4 is 33.8 Å². The molecule has 0 aliphatic rings. The molecule has 0 radical (unpaired) electrons. The first-order chi connectivity index (χ1) is 20.2. The number of rotatable bonds is 12. The minimum absolute atomic E-state index is 0.0525. The topological polar surface area (TPSA) is 128 Å². The lowest BCUT2D eigenvalue weighted by Gasteiger charge is -2.24. The monoisotopic (exact) mass is 589 g/mol. The average Bonchev–Trinajstić information content (AvgIpc) is 3.46. The number of ether oxygens (including phenoxy) is 2. The Kier molecular flexibility index (Phi) is 9.77. The van der Waals surface area contributed by atoms with E-state index in [-0.39, 0.29) is 4.90 Å². The maximum atomic E-state index is 13.5. The number of nitrogens with one attached hydrogen (secondary N) is 1. The molecular weight excluding hydrogens is 558 g/mol. The second-order valence-electron chi connectivity index (χ2n) is 9.04. The fraction of sp³-hybridized carbons (Fsp3) is 0.194. The molecule has 3 aromatic carbocycles. The van der Waals surface area contributed by atoms with Crippen LogP contribution in [0.15, 0.2) is 99.3 Å². The summed E-state index contributed by atoms with van der Waals surface area (Å²) in [6, 6.07) is 23.0. The number of hydrazone groups is 1. The molecule has 0 aliphatic carbocycles. The number of hydrogen-bond acceptors (Lipinski definition) is 8. The molecule has 0 bridgehead atoms. The van der Waals surface area contributed by atoms with E-state index < -0.39 is 28.4 Å². The zero-order valence-corrected chi connectivity index (χ0v) is 24.3. The van der Waals surface area contributed by atoms with Gasteiger partial charge in [0, 0.05) is 5.56 Å². The minimum atomic E-state index is -4.08. The highest BCUT2D eigenvalue weighted by Crippen LogP contribution is 2.26. The average molecular weight is 590 g/mol. The summed E-state index contributed by atoms with van der Waals surface area (Å²) < 4.78 is 44.3. The number of amides is 1. The van der Waals surface area contributed by atoms with E-state index in [2.05, 4.69) is 10.5 Å². The van der Waals surface area contributed by atoms with Crippen LogP contribution in [-0.4, -0.2) is 46.3 Å². The van der Waals surface area contributed by atoms with E-state index in [9.17, 15) is 18.0 Å². The Morgan fingerprint density at radius 2 is 1.60 bits per heavy atom. The maximum Gasteiger partial charge on any atom is 0.338 e. The predicted octanol–water partition coefficient (Wildman–Crippen LogP) is 5.18. The van der Waals surface area contributed by atoms with Crippen LogP contribution >= 0.6 is 0 Å². The Hall–Kier alpha value is -4.90. The van der Waals surface area contributed by atoms with Crippen LogP contribution in [0.4, 0.5) is 5.69 Å². The number of furan rings is 1. The lowest BCUT2D eigenvalue weighted by atomic mass is 10.1. The van der Waals surface area contributed by atoms with Crippen LogP contribution in [0.5, 0.6) is 5.75 Å². The summed E-state index contributed by atoms with van der Waals surface area (Å²) in [6.45, 7) is 5.69. The summed E-state index contributed by atoms with van der Waals surface area (Å²) in [5.74, 6) is 0.409. The lowest BCUT2D eigenvalue weighted by Crippen LogP contribution is -2.39. The number of sulfonamides is 1. The van der Waals surface area contributed by atoms with Gasteiger partial charge in [-0.3, -0.25) is 9.10 Å². The van der Waals surface area contributed by atoms with Crippen LogP contribution in [0.2, 0.25) is 0 Å². The summed E-state index contributed by atoms with van der Waals surface area (Å²) in [5, 5.41) is 3.94. The highest BCUT2D eigenvalue weighted by atomic mass is 32.2. The third-order valence-electron chi connectivity index (χ3n) is 6.02. The minimum Gasteiger partial charge on any atom is -0.494 e. The van der Waals surface area contributed by atoms with Gasteiger partial charge in [0.2, 0.25) is 0 Å². The Bertz CT molecular complexity index is 1640. The van der Waals surface area contributed by atoms with Crippen molar-refractivity contribution in [1.82, 2.24) is 5.43 Å². The number of carbonyl (C=O) groups excluding carboxylic acids is 2. The molecule has 0 saturated heterocycles. The second kappa shape index (κ2) is 13.6. The van der Waals surface area contributed by atoms with Crippen molar-refractivity contribution in [2.75, 3.05) is 24.1 Å². The molecule has 0 aliphatic heterocycles. The fourth-order valence-corrected chi connectivity index (χ4v) is 5.34. The van der Waals surface area contributed by atoms with Crippen LogP contribution in [0.25, 0.3) is 11.3 Å². The molecule has 1 aromatic heterocycles. The van der Waals surface area contributed by atoms with E-state index >= 15 is 0 Å². The third kappa shape index (κ3) is 7.43. The van der Waals surface area contributed by atoms with E-state index in [0.29, 0.717) is 41.7 Å². The Labute approximate surface area is 244 Å². The molecule has 218 valence electrons. The summed E-state index contributed by atoms with van der Waals surface area (Å²) in [5.41, 5.74) is 4.73. The highest BCUT2D eigenvalue weighted by Gasteiger charge is 2.27. The summed E-state index contributed by atoms with van der Waals surface area (Å²) in [7, 11) is -4.08. The molecule has 0 spiro atoms. The number of aryl methyl sites for hydroxylation is 1. The van der Waals surface area contributed by atoms with Crippen molar-refractivity contribution in [2.24, 2.45) is 5.10 Å². The first-order valence-corrected chi connectivity index (χ1v) is 14.7. The Balaban J connectivity index is 1.46. The van der Waals surface area contributed by atoms with E-state index in [1.807, 2.05) is 13.8 Å². The van der Waals surface area contributed by atoms with Gasteiger partial charge in [0.1, 0.15) is 23.8 Å². The van der Waals surface area contributed by atoms with E-state index in [0.717, 1.165) is 15.4 Å². The van der Waals surface area contributed by atoms with Gasteiger partial charge in [0.15, 0.2) is 0 Å². The first-order valence-electron chi connectivity index (χ1n) is 13.2. The Morgan fingerprint density at radius 3 is 2.24 bits per heavy atom. The quantitative estimate of drug-likeness (QED) is 0.137. The van der Waals surface area contributed by atoms with Crippen LogP contribution < -0.4 is 14.5 Å². The van der Waals surface area contributed by atoms with Gasteiger partial charge in [-0.2, -0.15) is 5.10 Å². The number of anilines is 1. The largest absolute Gasteiger partial charge is 0.494 e. The highest BCUT2D eigenvalue weighted by molar-refractivity contribution is 7.92. The molecule has 10 nitrogen and oxygen atoms in total. The molecule has 11 heteroatoms. The number of carbonyl (C=O) groups is 2. The molecule has 42 heavy (non-hydrogen) atoms. The number of benzene rings is 3. The molecule has 0 fully saturated rings. The van der Waals surface area contributed by atoms with Crippen molar-refractivity contribution < 1.29 is 31.9 Å². The maximum absolute atomic E-state index is 13.5. The molecule has 0 saturated carbocycles. The van der Waals surface area contributed by atoms with Crippen molar-refractivity contribution in [3.8, 4) is 17.1 Å². The molecular formula is C31H31N3O7S. The SMILES string of the molecule is CCOC(=O)c1ccc(-c2ccc(/C=N/NC(=O)CN(c3ccc(OCC)cc3)S(=O)(=O)c3ccc(C)cc3)o2)cc1. The smallest absolute Gasteiger partial charge is 0.338 e. The summed E-state index contributed by atoms with van der Waals surface area (Å²) >= 11 is 0. The van der Waals surface area contributed by atoms with Gasteiger partial charge in [-0.25, -0.2) is 18.6 Å². The van der Waals surface area contributed by atoms with Crippen molar-refractivity contribution in [3.05, 3.63) is 102 Å². The van der Waals surface area contributed by atoms with E-state index in [1.165, 1.54) is 18.3 Å². The lowest BCUT2D eigenvalue weighted by molar-refractivity contribution is -0.119. The van der Waals surface area contributed by atoms with Crippen molar-refractivity contribution in [2.45, 2.75) is 25.7 Å². The van der Waals surface area contributed by atoms with Crippen LogP contribution in [0, 0.1) is 6.92 Å². The van der Waals surface area contributed by atoms with Crippen LogP contribution in [-0.2, 0) is 19.6 Å². The van der Waals surface area contributed by atoms with E-state index in [4.69, 9.17) is 13.9 Å². The number of esters is 1. The van der Waals surface area contributed by atoms with Gasteiger partial charge < -0.3 is 13.9 Å². The number of hydrogen-bond donors (Lipinski definition) is 1. The molecule has 0 atom stereocenters. The summed E-state index contributed by atoms with van der Waals surface area (Å²) in [6.07, 6.45) is 1.31. The van der Waals surface area contributed by atoms with E-state index in [1.54, 1.807) is 79.7 Å². The van der Waals surface area contributed by atoms with Crippen molar-refractivity contribution in [1.29, 1.82) is 0 Å². The van der Waals surface area contributed by atoms with Crippen LogP contribution in [0.1, 0.15) is 35.5 Å². The second-order valence-corrected chi connectivity index (χ2v) is 10.9. The molecule has 1 N–H and O–H groups in total. The molecule has 4 aromatic rings. The Morgan fingerprint density at radius 1 is 0.905 bits per heavy atom. The molecule has 1 amide bonds. The molecule has 0 unspecified atom stereocenters. The molecule has 1 heterocycles. The predicted molar refractivity (Wildman–Crippen MR) is 159 cm³/mol. The van der Waals surface area contributed by atoms with Gasteiger partial charge in [0.25, 0.3) is 15.9 Å². The van der Waals surface area contributed by atoms with Crippen molar-refractivity contribution in [3.63, 3.8) is 0 Å². The normalized spacial score (nSPS) is 11.3. The zero-order valence-electron chi connectivity index (χ0n) is 23.4. The zero-order chi connectivity index (χ0) is 30.1. The van der Waals surface area contributed by atoms with Gasteiger partial charge in [-0.15, -0.1) is 0 Å². The van der Waals surface area contributed by atoms with Gasteiger partial charge >= 0.3 is 5.97 Å². The summed E-state index contributed by atoms with van der Waals surface area (Å²) in [4.78, 5) is 24.8. The number of nitrogens with zero attached hydrogens (tertiary/aromatic N) is 2.